The molecule has 1 atom stereocenters. The predicted molar refractivity (Wildman–Crippen MR) is 127 cm³/mol. The van der Waals surface area contributed by atoms with E-state index in [-0.39, 0.29) is 53.5 Å². The fourth-order valence-electron chi connectivity index (χ4n) is 5.37. The van der Waals surface area contributed by atoms with E-state index in [1.165, 1.54) is 6.07 Å². The summed E-state index contributed by atoms with van der Waals surface area (Å²) in [6, 6.07) is 4.81. The maximum atomic E-state index is 14.6. The molecule has 1 aliphatic carbocycles. The molecule has 0 radical (unpaired) electrons. The Bertz CT molecular complexity index is 1540. The van der Waals surface area contributed by atoms with Crippen LogP contribution in [0.4, 0.5) is 4.39 Å². The zero-order valence-electron chi connectivity index (χ0n) is 19.7. The summed E-state index contributed by atoms with van der Waals surface area (Å²) in [5.74, 6) is -1.40. The number of benzene rings is 1. The number of aromatic nitrogens is 2. The van der Waals surface area contributed by atoms with Crippen molar-refractivity contribution in [2.45, 2.75) is 45.4 Å². The maximum absolute atomic E-state index is 14.6. The number of amides is 1. The van der Waals surface area contributed by atoms with Gasteiger partial charge in [-0.3, -0.25) is 9.59 Å². The normalized spacial score (nSPS) is 18.9. The van der Waals surface area contributed by atoms with Crippen LogP contribution in [0, 0.1) is 18.2 Å². The number of aryl methyl sites for hydroxylation is 1. The number of fused-ring (bicyclic) bond motifs is 5. The second-order valence-corrected chi connectivity index (χ2v) is 10.1. The van der Waals surface area contributed by atoms with Crippen LogP contribution in [-0.2, 0) is 33.9 Å². The van der Waals surface area contributed by atoms with E-state index in [0.29, 0.717) is 35.4 Å². The number of ether oxygens (including phenoxy) is 1. The van der Waals surface area contributed by atoms with Crippen LogP contribution in [0.3, 0.4) is 0 Å². The lowest BCUT2D eigenvalue weighted by Gasteiger charge is -2.21. The predicted octanol–water partition coefficient (Wildman–Crippen LogP) is 1.36. The lowest BCUT2D eigenvalue weighted by atomic mass is 9.89. The minimum Gasteiger partial charge on any atom is -0.458 e. The number of aliphatic hydroxyl groups is 1. The zero-order valence-corrected chi connectivity index (χ0v) is 19.7. The summed E-state index contributed by atoms with van der Waals surface area (Å²) < 4.78 is 21.1. The van der Waals surface area contributed by atoms with Gasteiger partial charge in [0.25, 0.3) is 5.56 Å². The Morgan fingerprint density at radius 1 is 1.31 bits per heavy atom. The van der Waals surface area contributed by atoms with E-state index in [1.807, 2.05) is 0 Å². The molecule has 186 valence electrons. The van der Waals surface area contributed by atoms with Gasteiger partial charge in [0.15, 0.2) is 6.10 Å². The topological polar surface area (TPSA) is 137 Å². The standard InChI is InChI=1S/C26H25FN4O5/c1-12-4-13-15(7-26(2-3-26)11-29-21(32)8-28)16-9-31-20(22(16)30-19(13)6-18(12)27)5-14-17(24(31)34)10-36-25(35)23(14)33/h4-6,23,33H,2-3,7-11,28H2,1H3,(H,29,32)/t23-/m0/s1. The maximum Gasteiger partial charge on any atom is 0.340 e. The highest BCUT2D eigenvalue weighted by Crippen LogP contribution is 2.50. The number of halogens is 1. The van der Waals surface area contributed by atoms with Gasteiger partial charge >= 0.3 is 5.97 Å². The summed E-state index contributed by atoms with van der Waals surface area (Å²) >= 11 is 0. The van der Waals surface area contributed by atoms with Crippen molar-refractivity contribution in [2.24, 2.45) is 11.1 Å². The highest BCUT2D eigenvalue weighted by molar-refractivity contribution is 5.89. The molecule has 1 amide bonds. The summed E-state index contributed by atoms with van der Waals surface area (Å²) in [6.45, 7) is 2.17. The van der Waals surface area contributed by atoms with Crippen molar-refractivity contribution in [3.63, 3.8) is 0 Å². The Morgan fingerprint density at radius 3 is 2.81 bits per heavy atom. The van der Waals surface area contributed by atoms with E-state index < -0.39 is 12.1 Å². The molecule has 1 saturated carbocycles. The van der Waals surface area contributed by atoms with Crippen LogP contribution in [-0.4, -0.2) is 39.6 Å². The molecule has 1 aromatic carbocycles. The first-order valence-electron chi connectivity index (χ1n) is 11.9. The number of pyridine rings is 2. The number of nitrogens with zero attached hydrogens (tertiary/aromatic N) is 2. The molecular formula is C26H25FN4O5. The minimum absolute atomic E-state index is 0.0803. The van der Waals surface area contributed by atoms with Crippen LogP contribution in [0.1, 0.15) is 46.8 Å². The Hall–Kier alpha value is -3.63. The van der Waals surface area contributed by atoms with Crippen LogP contribution in [0.2, 0.25) is 0 Å². The SMILES string of the molecule is Cc1cc2c(CC3(CNC(=O)CN)CC3)c3c(nc2cc1F)-c1cc2c(c(=O)n1C3)COC(=O)[C@H]2O. The molecule has 36 heavy (non-hydrogen) atoms. The van der Waals surface area contributed by atoms with Crippen molar-refractivity contribution in [1.82, 2.24) is 14.9 Å². The highest BCUT2D eigenvalue weighted by atomic mass is 19.1. The van der Waals surface area contributed by atoms with E-state index in [9.17, 15) is 23.9 Å². The van der Waals surface area contributed by atoms with E-state index in [0.717, 1.165) is 29.4 Å². The first-order chi connectivity index (χ1) is 17.2. The van der Waals surface area contributed by atoms with Gasteiger partial charge in [0, 0.05) is 29.1 Å². The van der Waals surface area contributed by atoms with Gasteiger partial charge in [-0.25, -0.2) is 14.2 Å². The number of nitrogens with one attached hydrogen (secondary N) is 1. The third-order valence-corrected chi connectivity index (χ3v) is 7.71. The van der Waals surface area contributed by atoms with Crippen molar-refractivity contribution >= 4 is 22.8 Å². The lowest BCUT2D eigenvalue weighted by Crippen LogP contribution is -2.35. The summed E-state index contributed by atoms with van der Waals surface area (Å²) in [5.41, 5.74) is 9.21. The molecule has 2 aromatic heterocycles. The molecule has 4 heterocycles. The molecule has 0 unspecified atom stereocenters. The molecule has 10 heteroatoms. The zero-order chi connectivity index (χ0) is 25.4. The third kappa shape index (κ3) is 3.43. The summed E-state index contributed by atoms with van der Waals surface area (Å²) in [7, 11) is 0. The number of hydrogen-bond acceptors (Lipinski definition) is 7. The molecule has 3 aliphatic rings. The van der Waals surface area contributed by atoms with Gasteiger partial charge in [-0.2, -0.15) is 0 Å². The smallest absolute Gasteiger partial charge is 0.340 e. The molecule has 2 aliphatic heterocycles. The monoisotopic (exact) mass is 492 g/mol. The van der Waals surface area contributed by atoms with Crippen LogP contribution in [0.15, 0.2) is 23.0 Å². The van der Waals surface area contributed by atoms with Gasteiger partial charge in [0.1, 0.15) is 12.4 Å². The molecule has 0 bridgehead atoms. The molecule has 1 fully saturated rings. The first kappa shape index (κ1) is 22.8. The van der Waals surface area contributed by atoms with E-state index in [4.69, 9.17) is 15.5 Å². The quantitative estimate of drug-likeness (QED) is 0.358. The van der Waals surface area contributed by atoms with E-state index >= 15 is 0 Å². The van der Waals surface area contributed by atoms with Gasteiger partial charge in [0.05, 0.1) is 35.6 Å². The van der Waals surface area contributed by atoms with Gasteiger partial charge in [-0.05, 0) is 54.9 Å². The van der Waals surface area contributed by atoms with Gasteiger partial charge in [-0.15, -0.1) is 0 Å². The summed E-state index contributed by atoms with van der Waals surface area (Å²) in [6.07, 6.45) is 0.918. The molecule has 0 saturated heterocycles. The molecule has 3 aromatic rings. The number of nitrogens with two attached hydrogens (primary N) is 1. The first-order valence-corrected chi connectivity index (χ1v) is 11.9. The average Bonchev–Trinajstić information content (AvgIpc) is 3.53. The van der Waals surface area contributed by atoms with Crippen molar-refractivity contribution in [1.29, 1.82) is 0 Å². The van der Waals surface area contributed by atoms with Crippen LogP contribution in [0.5, 0.6) is 0 Å². The second kappa shape index (κ2) is 7.94. The van der Waals surface area contributed by atoms with Gasteiger partial charge in [-0.1, -0.05) is 0 Å². The summed E-state index contributed by atoms with van der Waals surface area (Å²) in [4.78, 5) is 41.8. The molecule has 4 N–H and O–H groups in total. The fourth-order valence-corrected chi connectivity index (χ4v) is 5.37. The number of carbonyl (C=O) groups excluding carboxylic acids is 2. The number of cyclic esters (lactones) is 1. The Morgan fingerprint density at radius 2 is 2.08 bits per heavy atom. The van der Waals surface area contributed by atoms with Crippen LogP contribution >= 0.6 is 0 Å². The van der Waals surface area contributed by atoms with E-state index in [2.05, 4.69) is 5.32 Å². The largest absolute Gasteiger partial charge is 0.458 e. The number of hydrogen-bond donors (Lipinski definition) is 3. The molecule has 6 rings (SSSR count). The van der Waals surface area contributed by atoms with Crippen molar-refractivity contribution < 1.29 is 23.8 Å². The molecular weight excluding hydrogens is 467 g/mol. The van der Waals surface area contributed by atoms with E-state index in [1.54, 1.807) is 23.6 Å². The highest BCUT2D eigenvalue weighted by Gasteiger charge is 2.44. The van der Waals surface area contributed by atoms with Crippen LogP contribution < -0.4 is 16.6 Å². The minimum atomic E-state index is -1.54. The average molecular weight is 493 g/mol. The fraction of sp³-hybridized carbons (Fsp3) is 0.385. The van der Waals surface area contributed by atoms with Crippen molar-refractivity contribution in [3.8, 4) is 11.4 Å². The Labute approximate surface area is 205 Å². The molecule has 9 nitrogen and oxygen atoms in total. The second-order valence-electron chi connectivity index (χ2n) is 10.1. The third-order valence-electron chi connectivity index (χ3n) is 7.71. The number of carbonyl (C=O) groups is 2. The van der Waals surface area contributed by atoms with Crippen LogP contribution in [0.25, 0.3) is 22.3 Å². The Balaban J connectivity index is 1.53. The number of rotatable bonds is 5. The van der Waals surface area contributed by atoms with Gasteiger partial charge in [0.2, 0.25) is 5.91 Å². The van der Waals surface area contributed by atoms with Crippen molar-refractivity contribution in [3.05, 3.63) is 62.2 Å². The number of aliphatic hydroxyl groups excluding tert-OH is 1. The van der Waals surface area contributed by atoms with Gasteiger partial charge < -0.3 is 25.5 Å². The molecule has 0 spiro atoms. The lowest BCUT2D eigenvalue weighted by molar-refractivity contribution is -0.157. The Kier molecular flexibility index (Phi) is 5.03. The van der Waals surface area contributed by atoms with Crippen molar-refractivity contribution in [2.75, 3.05) is 13.1 Å². The summed E-state index contributed by atoms with van der Waals surface area (Å²) in [5, 5.41) is 14.1. The number of esters is 1.